The molecule has 0 unspecified atom stereocenters. The summed E-state index contributed by atoms with van der Waals surface area (Å²) < 4.78 is 10.5. The molecule has 3 aromatic rings. The lowest BCUT2D eigenvalue weighted by molar-refractivity contribution is 0.209. The van der Waals surface area contributed by atoms with Crippen molar-refractivity contribution in [1.82, 2.24) is 19.9 Å². The molecule has 3 heterocycles. The van der Waals surface area contributed by atoms with Crippen molar-refractivity contribution in [3.05, 3.63) is 46.8 Å². The van der Waals surface area contributed by atoms with Gasteiger partial charge in [-0.2, -0.15) is 0 Å². The molecule has 2 N–H and O–H groups in total. The molecule has 2 amide bonds. The van der Waals surface area contributed by atoms with E-state index in [9.17, 15) is 4.79 Å². The van der Waals surface area contributed by atoms with Gasteiger partial charge in [0.2, 0.25) is 0 Å². The average Bonchev–Trinajstić information content (AvgIpc) is 2.95. The minimum atomic E-state index is -0.526. The van der Waals surface area contributed by atoms with Crippen LogP contribution in [0.1, 0.15) is 13.8 Å². The lowest BCUT2D eigenvalue weighted by Gasteiger charge is -2.37. The number of carbonyl (C=O) groups is 1. The molecular weight excluding hydrogens is 543 g/mol. The van der Waals surface area contributed by atoms with Crippen molar-refractivity contribution in [1.29, 1.82) is 0 Å². The summed E-state index contributed by atoms with van der Waals surface area (Å²) in [6.07, 6.45) is 3.13. The SMILES string of the molecule is COc1cc(OC)c(Cl)c(NC(=O)N(C)c2cc(Nc3ccc(N4CCN(C(C)C)CC4)nc3)ncn2)c1Cl. The summed E-state index contributed by atoms with van der Waals surface area (Å²) in [6.45, 7) is 8.38. The van der Waals surface area contributed by atoms with Crippen LogP contribution in [0.4, 0.5) is 33.6 Å². The molecule has 1 saturated heterocycles. The van der Waals surface area contributed by atoms with Crippen LogP contribution in [0.25, 0.3) is 0 Å². The van der Waals surface area contributed by atoms with Crippen molar-refractivity contribution in [3.63, 3.8) is 0 Å². The van der Waals surface area contributed by atoms with Gasteiger partial charge in [0.05, 0.1) is 31.8 Å². The number of anilines is 5. The van der Waals surface area contributed by atoms with Crippen LogP contribution < -0.4 is 29.9 Å². The maximum absolute atomic E-state index is 13.0. The summed E-state index contributed by atoms with van der Waals surface area (Å²) in [4.78, 5) is 32.2. The smallest absolute Gasteiger partial charge is 0.327 e. The first-order chi connectivity index (χ1) is 18.7. The Labute approximate surface area is 238 Å². The molecule has 208 valence electrons. The zero-order valence-electron chi connectivity index (χ0n) is 22.5. The number of hydrogen-bond donors (Lipinski definition) is 2. The van der Waals surface area contributed by atoms with Gasteiger partial charge in [-0.25, -0.2) is 19.7 Å². The van der Waals surface area contributed by atoms with Crippen LogP contribution in [0, 0.1) is 0 Å². The molecule has 1 aliphatic rings. The molecule has 1 fully saturated rings. The van der Waals surface area contributed by atoms with Gasteiger partial charge in [0.1, 0.15) is 45.3 Å². The molecule has 1 aromatic carbocycles. The molecule has 0 spiro atoms. The summed E-state index contributed by atoms with van der Waals surface area (Å²) in [6, 6.07) is 7.16. The van der Waals surface area contributed by atoms with Crippen molar-refractivity contribution in [2.45, 2.75) is 19.9 Å². The van der Waals surface area contributed by atoms with Crippen LogP contribution in [0.3, 0.4) is 0 Å². The number of aromatic nitrogens is 3. The van der Waals surface area contributed by atoms with E-state index < -0.39 is 6.03 Å². The fourth-order valence-electron chi connectivity index (χ4n) is 4.15. The van der Waals surface area contributed by atoms with E-state index in [2.05, 4.69) is 49.2 Å². The van der Waals surface area contributed by atoms with E-state index in [-0.39, 0.29) is 15.7 Å². The van der Waals surface area contributed by atoms with Gasteiger partial charge < -0.3 is 25.0 Å². The number of carbonyl (C=O) groups excluding carboxylic acids is 1. The lowest BCUT2D eigenvalue weighted by atomic mass is 10.2. The van der Waals surface area contributed by atoms with Crippen molar-refractivity contribution in [3.8, 4) is 11.5 Å². The number of urea groups is 1. The second-order valence-electron chi connectivity index (χ2n) is 9.18. The molecule has 11 nitrogen and oxygen atoms in total. The molecule has 13 heteroatoms. The molecule has 39 heavy (non-hydrogen) atoms. The number of piperazine rings is 1. The number of hydrogen-bond acceptors (Lipinski definition) is 9. The summed E-state index contributed by atoms with van der Waals surface area (Å²) in [5.41, 5.74) is 0.925. The Morgan fingerprint density at radius 3 is 2.23 bits per heavy atom. The molecule has 0 saturated carbocycles. The zero-order chi connectivity index (χ0) is 28.1. The Bertz CT molecular complexity index is 1270. The van der Waals surface area contributed by atoms with E-state index >= 15 is 0 Å². The average molecular weight is 576 g/mol. The number of pyridine rings is 1. The molecule has 4 rings (SSSR count). The van der Waals surface area contributed by atoms with Crippen LogP contribution in [0.5, 0.6) is 11.5 Å². The molecule has 2 aromatic heterocycles. The minimum Gasteiger partial charge on any atom is -0.495 e. The monoisotopic (exact) mass is 574 g/mol. The van der Waals surface area contributed by atoms with Crippen LogP contribution in [0.2, 0.25) is 10.0 Å². The Morgan fingerprint density at radius 1 is 1.00 bits per heavy atom. The Kier molecular flexibility index (Phi) is 9.16. The minimum absolute atomic E-state index is 0.146. The number of benzene rings is 1. The Morgan fingerprint density at radius 2 is 1.67 bits per heavy atom. The fraction of sp³-hybridized carbons (Fsp3) is 0.385. The topological polar surface area (TPSA) is 108 Å². The Balaban J connectivity index is 1.42. The van der Waals surface area contributed by atoms with E-state index in [4.69, 9.17) is 32.7 Å². The summed E-state index contributed by atoms with van der Waals surface area (Å²) in [7, 11) is 4.48. The quantitative estimate of drug-likeness (QED) is 0.378. The van der Waals surface area contributed by atoms with Crippen molar-refractivity contribution >= 4 is 58.1 Å². The van der Waals surface area contributed by atoms with Gasteiger partial charge in [-0.1, -0.05) is 23.2 Å². The van der Waals surface area contributed by atoms with Crippen LogP contribution in [0.15, 0.2) is 36.8 Å². The van der Waals surface area contributed by atoms with Gasteiger partial charge in [0.25, 0.3) is 0 Å². The summed E-state index contributed by atoms with van der Waals surface area (Å²) in [5, 5.41) is 6.21. The van der Waals surface area contributed by atoms with Crippen molar-refractivity contribution < 1.29 is 14.3 Å². The molecule has 0 radical (unpaired) electrons. The lowest BCUT2D eigenvalue weighted by Crippen LogP contribution is -2.49. The molecule has 0 bridgehead atoms. The number of rotatable bonds is 8. The first kappa shape index (κ1) is 28.5. The van der Waals surface area contributed by atoms with E-state index in [1.807, 2.05) is 12.1 Å². The second kappa shape index (κ2) is 12.5. The number of nitrogens with one attached hydrogen (secondary N) is 2. The first-order valence-electron chi connectivity index (χ1n) is 12.4. The van der Waals surface area contributed by atoms with Gasteiger partial charge in [-0.15, -0.1) is 0 Å². The van der Waals surface area contributed by atoms with Crippen molar-refractivity contribution in [2.24, 2.45) is 0 Å². The highest BCUT2D eigenvalue weighted by Gasteiger charge is 2.22. The maximum atomic E-state index is 13.0. The number of halogens is 2. The number of nitrogens with zero attached hydrogens (tertiary/aromatic N) is 6. The van der Waals surface area contributed by atoms with E-state index in [0.717, 1.165) is 37.7 Å². The van der Waals surface area contributed by atoms with Crippen LogP contribution in [-0.4, -0.2) is 79.4 Å². The van der Waals surface area contributed by atoms with E-state index in [1.54, 1.807) is 25.4 Å². The summed E-state index contributed by atoms with van der Waals surface area (Å²) >= 11 is 12.8. The number of methoxy groups -OCH3 is 2. The highest BCUT2D eigenvalue weighted by Crippen LogP contribution is 2.44. The predicted octanol–water partition coefficient (Wildman–Crippen LogP) is 5.14. The van der Waals surface area contributed by atoms with Gasteiger partial charge in [-0.3, -0.25) is 9.80 Å². The third-order valence-electron chi connectivity index (χ3n) is 6.50. The zero-order valence-corrected chi connectivity index (χ0v) is 24.0. The van der Waals surface area contributed by atoms with E-state index in [1.165, 1.54) is 25.4 Å². The van der Waals surface area contributed by atoms with Crippen molar-refractivity contribution in [2.75, 3.05) is 67.9 Å². The third-order valence-corrected chi connectivity index (χ3v) is 7.25. The molecule has 0 atom stereocenters. The van der Waals surface area contributed by atoms with Gasteiger partial charge >= 0.3 is 6.03 Å². The Hall–Kier alpha value is -3.54. The van der Waals surface area contributed by atoms with Gasteiger partial charge in [-0.05, 0) is 26.0 Å². The fourth-order valence-corrected chi connectivity index (χ4v) is 4.75. The second-order valence-corrected chi connectivity index (χ2v) is 9.94. The highest BCUT2D eigenvalue weighted by molar-refractivity contribution is 6.41. The first-order valence-corrected chi connectivity index (χ1v) is 13.2. The normalized spacial score (nSPS) is 13.8. The molecular formula is C26H32Cl2N8O3. The molecule has 0 aliphatic carbocycles. The van der Waals surface area contributed by atoms with Crippen LogP contribution in [-0.2, 0) is 0 Å². The van der Waals surface area contributed by atoms with Gasteiger partial charge in [0, 0.05) is 51.4 Å². The van der Waals surface area contributed by atoms with Gasteiger partial charge in [0.15, 0.2) is 0 Å². The third kappa shape index (κ3) is 6.55. The largest absolute Gasteiger partial charge is 0.495 e. The predicted molar refractivity (Wildman–Crippen MR) is 155 cm³/mol. The maximum Gasteiger partial charge on any atom is 0.327 e. The highest BCUT2D eigenvalue weighted by atomic mass is 35.5. The standard InChI is InChI=1S/C26H32Cl2N8O3/c1-16(2)35-8-10-36(11-9-35)21-7-6-17(14-29-21)32-20-13-22(31-15-30-20)34(3)26(37)33-25-23(27)18(38-4)12-19(39-5)24(25)28/h6-7,12-16H,8-11H2,1-5H3,(H,33,37)(H,30,31,32). The molecule has 1 aliphatic heterocycles. The van der Waals surface area contributed by atoms with E-state index in [0.29, 0.717) is 29.2 Å². The summed E-state index contributed by atoms with van der Waals surface area (Å²) in [5.74, 6) is 2.40. The van der Waals surface area contributed by atoms with Crippen LogP contribution >= 0.6 is 23.2 Å². The number of amides is 2. The number of ether oxygens (including phenoxy) is 2.